The number of aromatic nitrogens is 2. The minimum atomic E-state index is 0.755. The summed E-state index contributed by atoms with van der Waals surface area (Å²) in [7, 11) is 2.05. The Balaban J connectivity index is 1.47. The average molecular weight is 262 g/mol. The number of likely N-dealkylation sites (tertiary alicyclic amines) is 1. The number of nitrogens with one attached hydrogen (secondary N) is 1. The van der Waals surface area contributed by atoms with Crippen molar-refractivity contribution in [2.24, 2.45) is 5.92 Å². The summed E-state index contributed by atoms with van der Waals surface area (Å²) in [5, 5.41) is 3.26. The summed E-state index contributed by atoms with van der Waals surface area (Å²) in [6.45, 7) is 4.77. The Hall–Kier alpha value is -0.870. The van der Waals surface area contributed by atoms with Crippen molar-refractivity contribution in [1.82, 2.24) is 19.8 Å². The molecule has 1 N–H and O–H groups in total. The minimum Gasteiger partial charge on any atom is -0.330 e. The van der Waals surface area contributed by atoms with Crippen LogP contribution in [0.4, 0.5) is 0 Å². The SMILES string of the molecule is CNCCC1CCN(Cc2cncn2C2CC2)CC1. The van der Waals surface area contributed by atoms with Crippen LogP contribution in [0.1, 0.15) is 43.8 Å². The predicted molar refractivity (Wildman–Crippen MR) is 77.0 cm³/mol. The largest absolute Gasteiger partial charge is 0.330 e. The molecule has 2 aliphatic rings. The first kappa shape index (κ1) is 13.1. The summed E-state index contributed by atoms with van der Waals surface area (Å²) in [5.74, 6) is 0.928. The lowest BCUT2D eigenvalue weighted by atomic mass is 9.93. The molecule has 1 aromatic heterocycles. The highest BCUT2D eigenvalue weighted by molar-refractivity contribution is 5.03. The van der Waals surface area contributed by atoms with Gasteiger partial charge in [-0.05, 0) is 64.7 Å². The zero-order valence-electron chi connectivity index (χ0n) is 12.0. The van der Waals surface area contributed by atoms with E-state index in [-0.39, 0.29) is 0 Å². The van der Waals surface area contributed by atoms with Gasteiger partial charge in [0.25, 0.3) is 0 Å². The van der Waals surface area contributed by atoms with Gasteiger partial charge in [-0.1, -0.05) is 0 Å². The Bertz CT molecular complexity index is 389. The van der Waals surface area contributed by atoms with Crippen LogP contribution in [0.3, 0.4) is 0 Å². The summed E-state index contributed by atoms with van der Waals surface area (Å²) < 4.78 is 2.40. The monoisotopic (exact) mass is 262 g/mol. The van der Waals surface area contributed by atoms with Crippen LogP contribution in [-0.2, 0) is 6.54 Å². The molecular formula is C15H26N4. The lowest BCUT2D eigenvalue weighted by molar-refractivity contribution is 0.169. The molecule has 1 saturated heterocycles. The average Bonchev–Trinajstić information content (AvgIpc) is 3.19. The van der Waals surface area contributed by atoms with Crippen LogP contribution in [0.25, 0.3) is 0 Å². The van der Waals surface area contributed by atoms with E-state index in [0.717, 1.165) is 18.5 Å². The molecule has 1 aliphatic carbocycles. The van der Waals surface area contributed by atoms with Gasteiger partial charge in [0.2, 0.25) is 0 Å². The first-order valence-corrected chi connectivity index (χ1v) is 7.74. The van der Waals surface area contributed by atoms with Crippen LogP contribution in [0.5, 0.6) is 0 Å². The van der Waals surface area contributed by atoms with Crippen LogP contribution < -0.4 is 5.32 Å². The third-order valence-electron chi connectivity index (χ3n) is 4.58. The van der Waals surface area contributed by atoms with Crippen LogP contribution in [0.15, 0.2) is 12.5 Å². The molecule has 0 spiro atoms. The Kier molecular flexibility index (Phi) is 4.18. The first-order valence-electron chi connectivity index (χ1n) is 7.74. The van der Waals surface area contributed by atoms with Crippen molar-refractivity contribution >= 4 is 0 Å². The van der Waals surface area contributed by atoms with Crippen molar-refractivity contribution in [2.75, 3.05) is 26.7 Å². The highest BCUT2D eigenvalue weighted by Crippen LogP contribution is 2.36. The fourth-order valence-corrected chi connectivity index (χ4v) is 3.15. The van der Waals surface area contributed by atoms with Gasteiger partial charge in [-0.2, -0.15) is 0 Å². The molecule has 4 heteroatoms. The quantitative estimate of drug-likeness (QED) is 0.851. The molecule has 0 unspecified atom stereocenters. The fourth-order valence-electron chi connectivity index (χ4n) is 3.15. The molecule has 1 aromatic rings. The van der Waals surface area contributed by atoms with E-state index in [9.17, 15) is 0 Å². The molecule has 2 heterocycles. The highest BCUT2D eigenvalue weighted by atomic mass is 15.2. The highest BCUT2D eigenvalue weighted by Gasteiger charge is 2.26. The number of hydrogen-bond acceptors (Lipinski definition) is 3. The van der Waals surface area contributed by atoms with Gasteiger partial charge in [0, 0.05) is 18.8 Å². The van der Waals surface area contributed by atoms with Gasteiger partial charge in [-0.15, -0.1) is 0 Å². The molecular weight excluding hydrogens is 236 g/mol. The summed E-state index contributed by atoms with van der Waals surface area (Å²) in [4.78, 5) is 6.94. The predicted octanol–water partition coefficient (Wildman–Crippen LogP) is 2.04. The van der Waals surface area contributed by atoms with E-state index in [1.54, 1.807) is 0 Å². The molecule has 1 saturated carbocycles. The first-order chi connectivity index (χ1) is 9.36. The third-order valence-corrected chi connectivity index (χ3v) is 4.58. The van der Waals surface area contributed by atoms with E-state index in [0.29, 0.717) is 0 Å². The van der Waals surface area contributed by atoms with E-state index in [2.05, 4.69) is 26.0 Å². The van der Waals surface area contributed by atoms with E-state index in [1.165, 1.54) is 57.4 Å². The van der Waals surface area contributed by atoms with Crippen molar-refractivity contribution in [3.8, 4) is 0 Å². The number of hydrogen-bond donors (Lipinski definition) is 1. The molecule has 0 atom stereocenters. The van der Waals surface area contributed by atoms with Crippen molar-refractivity contribution < 1.29 is 0 Å². The lowest BCUT2D eigenvalue weighted by Gasteiger charge is -2.32. The zero-order chi connectivity index (χ0) is 13.1. The Morgan fingerprint density at radius 3 is 2.74 bits per heavy atom. The van der Waals surface area contributed by atoms with Gasteiger partial charge < -0.3 is 9.88 Å². The molecule has 19 heavy (non-hydrogen) atoms. The number of rotatable bonds is 6. The fraction of sp³-hybridized carbons (Fsp3) is 0.800. The van der Waals surface area contributed by atoms with Crippen LogP contribution in [0, 0.1) is 5.92 Å². The second kappa shape index (κ2) is 6.06. The summed E-state index contributed by atoms with van der Waals surface area (Å²) in [6.07, 6.45) is 10.8. The van der Waals surface area contributed by atoms with Crippen molar-refractivity contribution in [3.63, 3.8) is 0 Å². The van der Waals surface area contributed by atoms with Gasteiger partial charge in [0.05, 0.1) is 12.0 Å². The van der Waals surface area contributed by atoms with Crippen molar-refractivity contribution in [2.45, 2.75) is 44.7 Å². The summed E-state index contributed by atoms with van der Waals surface area (Å²) in [6, 6.07) is 0.755. The maximum absolute atomic E-state index is 4.33. The topological polar surface area (TPSA) is 33.1 Å². The van der Waals surface area contributed by atoms with E-state index in [1.807, 2.05) is 13.4 Å². The summed E-state index contributed by atoms with van der Waals surface area (Å²) >= 11 is 0. The molecule has 2 fully saturated rings. The molecule has 0 radical (unpaired) electrons. The van der Waals surface area contributed by atoms with Crippen molar-refractivity contribution in [3.05, 3.63) is 18.2 Å². The Labute approximate surface area is 116 Å². The maximum atomic E-state index is 4.33. The van der Waals surface area contributed by atoms with Gasteiger partial charge in [0.15, 0.2) is 0 Å². The molecule has 0 bridgehead atoms. The van der Waals surface area contributed by atoms with Crippen LogP contribution in [0.2, 0.25) is 0 Å². The number of nitrogens with zero attached hydrogens (tertiary/aromatic N) is 3. The second-order valence-electron chi connectivity index (χ2n) is 6.14. The smallest absolute Gasteiger partial charge is 0.0951 e. The summed E-state index contributed by atoms with van der Waals surface area (Å²) in [5.41, 5.74) is 1.41. The van der Waals surface area contributed by atoms with Crippen molar-refractivity contribution in [1.29, 1.82) is 0 Å². The molecule has 106 valence electrons. The molecule has 0 aromatic carbocycles. The molecule has 3 rings (SSSR count). The zero-order valence-corrected chi connectivity index (χ0v) is 12.0. The van der Waals surface area contributed by atoms with Gasteiger partial charge in [-0.25, -0.2) is 4.98 Å². The van der Waals surface area contributed by atoms with Gasteiger partial charge in [0.1, 0.15) is 0 Å². The standard InChI is InChI=1S/C15H26N4/c1-16-7-4-13-5-8-18(9-6-13)11-15-10-17-12-19(15)14-2-3-14/h10,12-14,16H,2-9,11H2,1H3. The van der Waals surface area contributed by atoms with E-state index < -0.39 is 0 Å². The molecule has 1 aliphatic heterocycles. The lowest BCUT2D eigenvalue weighted by Crippen LogP contribution is -2.34. The number of piperidine rings is 1. The second-order valence-corrected chi connectivity index (χ2v) is 6.14. The molecule has 0 amide bonds. The Morgan fingerprint density at radius 2 is 2.05 bits per heavy atom. The van der Waals surface area contributed by atoms with E-state index >= 15 is 0 Å². The third kappa shape index (κ3) is 3.37. The molecule has 4 nitrogen and oxygen atoms in total. The van der Waals surface area contributed by atoms with Crippen LogP contribution in [-0.4, -0.2) is 41.1 Å². The van der Waals surface area contributed by atoms with Crippen LogP contribution >= 0.6 is 0 Å². The minimum absolute atomic E-state index is 0.755. The Morgan fingerprint density at radius 1 is 1.26 bits per heavy atom. The van der Waals surface area contributed by atoms with Gasteiger partial charge >= 0.3 is 0 Å². The normalized spacial score (nSPS) is 21.9. The maximum Gasteiger partial charge on any atom is 0.0951 e. The van der Waals surface area contributed by atoms with E-state index in [4.69, 9.17) is 0 Å². The van der Waals surface area contributed by atoms with Gasteiger partial charge in [-0.3, -0.25) is 4.90 Å². The number of imidazole rings is 1.